The largest absolute Gasteiger partial charge is 0.255 e. The van der Waals surface area contributed by atoms with Crippen LogP contribution >= 0.6 is 11.6 Å². The lowest BCUT2D eigenvalue weighted by Gasteiger charge is -2.12. The lowest BCUT2D eigenvalue weighted by Crippen LogP contribution is -1.91. The van der Waals surface area contributed by atoms with Crippen molar-refractivity contribution >= 4 is 11.6 Å². The first-order valence-electron chi connectivity index (χ1n) is 8.18. The van der Waals surface area contributed by atoms with Gasteiger partial charge in [0, 0.05) is 27.9 Å². The Morgan fingerprint density at radius 2 is 1.20 bits per heavy atom. The van der Waals surface area contributed by atoms with Crippen molar-refractivity contribution in [3.8, 4) is 33.5 Å². The van der Waals surface area contributed by atoms with Gasteiger partial charge in [0.05, 0.1) is 5.69 Å². The summed E-state index contributed by atoms with van der Waals surface area (Å²) in [5.74, 6) is 0. The maximum absolute atomic E-state index is 6.19. The van der Waals surface area contributed by atoms with Gasteiger partial charge in [-0.25, -0.2) is 0 Å². The van der Waals surface area contributed by atoms with Crippen LogP contribution in [0.15, 0.2) is 97.2 Å². The van der Waals surface area contributed by atoms with Gasteiger partial charge >= 0.3 is 0 Å². The first-order chi connectivity index (χ1) is 12.3. The summed E-state index contributed by atoms with van der Waals surface area (Å²) in [6.07, 6.45) is 1.93. The molecule has 0 unspecified atom stereocenters. The van der Waals surface area contributed by atoms with Crippen LogP contribution in [0, 0.1) is 0 Å². The molecule has 0 saturated heterocycles. The Bertz CT molecular complexity index is 995. The van der Waals surface area contributed by atoms with Gasteiger partial charge in [0.15, 0.2) is 0 Å². The minimum atomic E-state index is 0.713. The standard InChI is InChI=1S/C23H16ClN/c24-21-13-7-12-19(14-21)23-22(18-10-5-2-6-11-18)15-20(16-25-23)17-8-3-1-4-9-17/h1-16H. The molecule has 120 valence electrons. The van der Waals surface area contributed by atoms with Gasteiger partial charge in [0.2, 0.25) is 0 Å². The summed E-state index contributed by atoms with van der Waals surface area (Å²) in [7, 11) is 0. The van der Waals surface area contributed by atoms with E-state index in [-0.39, 0.29) is 0 Å². The average Bonchev–Trinajstić information content (AvgIpc) is 2.69. The Hall–Kier alpha value is -2.90. The molecule has 0 bridgehead atoms. The summed E-state index contributed by atoms with van der Waals surface area (Å²) in [5.41, 5.74) is 6.46. The second-order valence-corrected chi connectivity index (χ2v) is 6.30. The third-order valence-electron chi connectivity index (χ3n) is 4.18. The zero-order valence-corrected chi connectivity index (χ0v) is 14.3. The van der Waals surface area contributed by atoms with Crippen molar-refractivity contribution in [2.24, 2.45) is 0 Å². The van der Waals surface area contributed by atoms with E-state index in [2.05, 4.69) is 30.3 Å². The maximum atomic E-state index is 6.19. The Labute approximate surface area is 152 Å². The smallest absolute Gasteiger partial charge is 0.0781 e. The van der Waals surface area contributed by atoms with Crippen LogP contribution in [0.3, 0.4) is 0 Å². The molecule has 1 heterocycles. The van der Waals surface area contributed by atoms with Crippen molar-refractivity contribution in [2.75, 3.05) is 0 Å². The van der Waals surface area contributed by atoms with E-state index in [0.717, 1.165) is 33.5 Å². The van der Waals surface area contributed by atoms with Crippen molar-refractivity contribution < 1.29 is 0 Å². The Kier molecular flexibility index (Phi) is 4.32. The van der Waals surface area contributed by atoms with Crippen LogP contribution < -0.4 is 0 Å². The van der Waals surface area contributed by atoms with Crippen molar-refractivity contribution in [3.63, 3.8) is 0 Å². The Morgan fingerprint density at radius 1 is 0.560 bits per heavy atom. The van der Waals surface area contributed by atoms with Crippen LogP contribution in [-0.2, 0) is 0 Å². The molecule has 0 radical (unpaired) electrons. The maximum Gasteiger partial charge on any atom is 0.0781 e. The first-order valence-corrected chi connectivity index (χ1v) is 8.56. The van der Waals surface area contributed by atoms with Crippen molar-refractivity contribution in [3.05, 3.63) is 102 Å². The number of rotatable bonds is 3. The van der Waals surface area contributed by atoms with E-state index < -0.39 is 0 Å². The van der Waals surface area contributed by atoms with Crippen molar-refractivity contribution in [1.29, 1.82) is 0 Å². The van der Waals surface area contributed by atoms with Gasteiger partial charge in [0.1, 0.15) is 0 Å². The van der Waals surface area contributed by atoms with Crippen LogP contribution in [-0.4, -0.2) is 4.98 Å². The molecule has 4 rings (SSSR count). The first kappa shape index (κ1) is 15.6. The van der Waals surface area contributed by atoms with Gasteiger partial charge in [-0.05, 0) is 29.3 Å². The number of benzene rings is 3. The van der Waals surface area contributed by atoms with E-state index in [1.165, 1.54) is 0 Å². The third-order valence-corrected chi connectivity index (χ3v) is 4.41. The number of aromatic nitrogens is 1. The summed E-state index contributed by atoms with van der Waals surface area (Å²) in [6, 6.07) is 30.7. The Balaban J connectivity index is 1.93. The predicted molar refractivity (Wildman–Crippen MR) is 106 cm³/mol. The third kappa shape index (κ3) is 3.33. The molecule has 0 atom stereocenters. The number of hydrogen-bond donors (Lipinski definition) is 0. The van der Waals surface area contributed by atoms with Crippen LogP contribution in [0.25, 0.3) is 33.5 Å². The van der Waals surface area contributed by atoms with Crippen LogP contribution in [0.5, 0.6) is 0 Å². The van der Waals surface area contributed by atoms with Crippen LogP contribution in [0.2, 0.25) is 5.02 Å². The van der Waals surface area contributed by atoms with E-state index in [1.54, 1.807) is 0 Å². The second kappa shape index (κ2) is 6.92. The van der Waals surface area contributed by atoms with Crippen molar-refractivity contribution in [1.82, 2.24) is 4.98 Å². The molecule has 0 saturated carbocycles. The van der Waals surface area contributed by atoms with Gasteiger partial charge in [0.25, 0.3) is 0 Å². The minimum Gasteiger partial charge on any atom is -0.255 e. The van der Waals surface area contributed by atoms with E-state index in [9.17, 15) is 0 Å². The van der Waals surface area contributed by atoms with Crippen LogP contribution in [0.1, 0.15) is 0 Å². The number of nitrogens with zero attached hydrogens (tertiary/aromatic N) is 1. The summed E-state index contributed by atoms with van der Waals surface area (Å²) in [5, 5.41) is 0.713. The fourth-order valence-electron chi connectivity index (χ4n) is 2.96. The molecule has 3 aromatic carbocycles. The molecule has 1 aromatic heterocycles. The molecule has 2 heteroatoms. The topological polar surface area (TPSA) is 12.9 Å². The molecule has 0 N–H and O–H groups in total. The van der Waals surface area contributed by atoms with Gasteiger partial charge < -0.3 is 0 Å². The van der Waals surface area contributed by atoms with Gasteiger partial charge in [-0.1, -0.05) is 84.4 Å². The quantitative estimate of drug-likeness (QED) is 0.402. The molecule has 0 amide bonds. The molecule has 25 heavy (non-hydrogen) atoms. The van der Waals surface area contributed by atoms with Gasteiger partial charge in [-0.2, -0.15) is 0 Å². The van der Waals surface area contributed by atoms with Gasteiger partial charge in [-0.3, -0.25) is 4.98 Å². The summed E-state index contributed by atoms with van der Waals surface area (Å²) < 4.78 is 0. The summed E-state index contributed by atoms with van der Waals surface area (Å²) in [6.45, 7) is 0. The van der Waals surface area contributed by atoms with E-state index in [1.807, 2.05) is 66.9 Å². The fourth-order valence-corrected chi connectivity index (χ4v) is 3.15. The average molecular weight is 342 g/mol. The Morgan fingerprint density at radius 3 is 1.88 bits per heavy atom. The van der Waals surface area contributed by atoms with Crippen molar-refractivity contribution in [2.45, 2.75) is 0 Å². The fraction of sp³-hybridized carbons (Fsp3) is 0. The molecule has 0 aliphatic heterocycles. The molecule has 1 nitrogen and oxygen atoms in total. The molecule has 0 aliphatic rings. The molecule has 0 fully saturated rings. The monoisotopic (exact) mass is 341 g/mol. The SMILES string of the molecule is Clc1cccc(-c2ncc(-c3ccccc3)cc2-c2ccccc2)c1. The molecule has 0 aliphatic carbocycles. The number of halogens is 1. The normalized spacial score (nSPS) is 10.6. The molecule has 4 aromatic rings. The lowest BCUT2D eigenvalue weighted by molar-refractivity contribution is 1.32. The highest BCUT2D eigenvalue weighted by molar-refractivity contribution is 6.30. The highest BCUT2D eigenvalue weighted by atomic mass is 35.5. The predicted octanol–water partition coefficient (Wildman–Crippen LogP) is 6.74. The molecular formula is C23H16ClN. The highest BCUT2D eigenvalue weighted by Gasteiger charge is 2.11. The zero-order valence-electron chi connectivity index (χ0n) is 13.6. The second-order valence-electron chi connectivity index (χ2n) is 5.86. The summed E-state index contributed by atoms with van der Waals surface area (Å²) in [4.78, 5) is 4.78. The highest BCUT2D eigenvalue weighted by Crippen LogP contribution is 2.34. The van der Waals surface area contributed by atoms with Crippen LogP contribution in [0.4, 0.5) is 0 Å². The minimum absolute atomic E-state index is 0.713. The molecule has 0 spiro atoms. The lowest BCUT2D eigenvalue weighted by atomic mass is 9.96. The zero-order chi connectivity index (χ0) is 17.1. The summed E-state index contributed by atoms with van der Waals surface area (Å²) >= 11 is 6.19. The van der Waals surface area contributed by atoms with E-state index in [4.69, 9.17) is 16.6 Å². The van der Waals surface area contributed by atoms with E-state index >= 15 is 0 Å². The van der Waals surface area contributed by atoms with Gasteiger partial charge in [-0.15, -0.1) is 0 Å². The number of hydrogen-bond acceptors (Lipinski definition) is 1. The van der Waals surface area contributed by atoms with E-state index in [0.29, 0.717) is 5.02 Å². The number of pyridine rings is 1. The molecular weight excluding hydrogens is 326 g/mol.